The largest absolute Gasteiger partial charge is 0.460 e. The fourth-order valence-corrected chi connectivity index (χ4v) is 1.74. The van der Waals surface area contributed by atoms with Gasteiger partial charge in [0.25, 0.3) is 0 Å². The second kappa shape index (κ2) is 7.14. The van der Waals surface area contributed by atoms with Gasteiger partial charge in [0, 0.05) is 12.3 Å². The van der Waals surface area contributed by atoms with Crippen molar-refractivity contribution in [2.45, 2.75) is 27.7 Å². The molecule has 0 aromatic heterocycles. The number of carbonyl (C=O) groups is 1. The fraction of sp³-hybridized carbons (Fsp3) is 0.533. The maximum absolute atomic E-state index is 11.9. The highest BCUT2D eigenvalue weighted by Crippen LogP contribution is 2.20. The smallest absolute Gasteiger partial charge is 0.340 e. The molecule has 1 aromatic rings. The molecule has 1 rings (SSSR count). The SMILES string of the molecule is Cc1cc(C)c(N)c(C(=O)OCCOCC(C)C)c1. The number of hydrogen-bond acceptors (Lipinski definition) is 4. The molecule has 0 aliphatic carbocycles. The standard InChI is InChI=1S/C15H23NO3/c1-10(2)9-18-5-6-19-15(17)13-8-11(3)7-12(4)14(13)16/h7-8,10H,5-6,9,16H2,1-4H3. The number of carbonyl (C=O) groups excluding carboxylic acids is 1. The first-order valence-electron chi connectivity index (χ1n) is 6.53. The predicted molar refractivity (Wildman–Crippen MR) is 76.3 cm³/mol. The average Bonchev–Trinajstić information content (AvgIpc) is 2.32. The van der Waals surface area contributed by atoms with Gasteiger partial charge in [-0.2, -0.15) is 0 Å². The lowest BCUT2D eigenvalue weighted by Gasteiger charge is -2.11. The molecule has 4 nitrogen and oxygen atoms in total. The van der Waals surface area contributed by atoms with Gasteiger partial charge in [0.05, 0.1) is 12.2 Å². The fourth-order valence-electron chi connectivity index (χ4n) is 1.74. The molecule has 0 unspecified atom stereocenters. The van der Waals surface area contributed by atoms with E-state index in [1.54, 1.807) is 6.07 Å². The van der Waals surface area contributed by atoms with Crippen molar-refractivity contribution in [3.8, 4) is 0 Å². The lowest BCUT2D eigenvalue weighted by Crippen LogP contribution is -2.14. The number of rotatable bonds is 6. The first kappa shape index (κ1) is 15.5. The third-order valence-corrected chi connectivity index (χ3v) is 2.66. The molecule has 0 saturated carbocycles. The summed E-state index contributed by atoms with van der Waals surface area (Å²) in [6.45, 7) is 9.28. The average molecular weight is 265 g/mol. The number of nitrogens with two attached hydrogens (primary N) is 1. The highest BCUT2D eigenvalue weighted by atomic mass is 16.6. The van der Waals surface area contributed by atoms with E-state index in [4.69, 9.17) is 15.2 Å². The van der Waals surface area contributed by atoms with Gasteiger partial charge in [-0.3, -0.25) is 0 Å². The number of nitrogen functional groups attached to an aromatic ring is 1. The lowest BCUT2D eigenvalue weighted by atomic mass is 10.0. The zero-order valence-corrected chi connectivity index (χ0v) is 12.2. The van der Waals surface area contributed by atoms with Gasteiger partial charge in [0.2, 0.25) is 0 Å². The van der Waals surface area contributed by atoms with Crippen LogP contribution in [0.15, 0.2) is 12.1 Å². The van der Waals surface area contributed by atoms with Crippen molar-refractivity contribution in [1.82, 2.24) is 0 Å². The van der Waals surface area contributed by atoms with Crippen molar-refractivity contribution in [1.29, 1.82) is 0 Å². The molecule has 4 heteroatoms. The molecule has 2 N–H and O–H groups in total. The minimum atomic E-state index is -0.391. The maximum atomic E-state index is 11.9. The van der Waals surface area contributed by atoms with Crippen LogP contribution in [0.1, 0.15) is 35.3 Å². The molecule has 1 aromatic carbocycles. The Kier molecular flexibility index (Phi) is 5.83. The Morgan fingerprint density at radius 3 is 2.58 bits per heavy atom. The minimum absolute atomic E-state index is 0.248. The van der Waals surface area contributed by atoms with Crippen molar-refractivity contribution >= 4 is 11.7 Å². The summed E-state index contributed by atoms with van der Waals surface area (Å²) in [5, 5.41) is 0. The number of aryl methyl sites for hydroxylation is 2. The molecule has 106 valence electrons. The van der Waals surface area contributed by atoms with Crippen LogP contribution in [0.2, 0.25) is 0 Å². The van der Waals surface area contributed by atoms with Crippen molar-refractivity contribution < 1.29 is 14.3 Å². The molecule has 0 aliphatic heterocycles. The molecule has 0 radical (unpaired) electrons. The summed E-state index contributed by atoms with van der Waals surface area (Å²) in [5.41, 5.74) is 8.69. The first-order chi connectivity index (χ1) is 8.91. The van der Waals surface area contributed by atoms with Crippen LogP contribution in [-0.4, -0.2) is 25.8 Å². The quantitative estimate of drug-likeness (QED) is 0.488. The lowest BCUT2D eigenvalue weighted by molar-refractivity contribution is 0.0278. The number of anilines is 1. The second-order valence-corrected chi connectivity index (χ2v) is 5.15. The van der Waals surface area contributed by atoms with Crippen LogP contribution in [0.3, 0.4) is 0 Å². The first-order valence-corrected chi connectivity index (χ1v) is 6.53. The molecule has 0 amide bonds. The van der Waals surface area contributed by atoms with E-state index in [-0.39, 0.29) is 6.61 Å². The van der Waals surface area contributed by atoms with Gasteiger partial charge in [-0.15, -0.1) is 0 Å². The Labute approximate surface area is 114 Å². The van der Waals surface area contributed by atoms with Crippen molar-refractivity contribution in [2.24, 2.45) is 5.92 Å². The van der Waals surface area contributed by atoms with Crippen molar-refractivity contribution in [3.63, 3.8) is 0 Å². The summed E-state index contributed by atoms with van der Waals surface area (Å²) < 4.78 is 10.5. The highest BCUT2D eigenvalue weighted by molar-refractivity contribution is 5.96. The third-order valence-electron chi connectivity index (χ3n) is 2.66. The molecule has 0 aliphatic rings. The van der Waals surface area contributed by atoms with E-state index in [1.165, 1.54) is 0 Å². The summed E-state index contributed by atoms with van der Waals surface area (Å²) >= 11 is 0. The van der Waals surface area contributed by atoms with Crippen LogP contribution in [-0.2, 0) is 9.47 Å². The Balaban J connectivity index is 2.50. The monoisotopic (exact) mass is 265 g/mol. The molecule has 0 fully saturated rings. The number of esters is 1. The van der Waals surface area contributed by atoms with Crippen LogP contribution in [0, 0.1) is 19.8 Å². The van der Waals surface area contributed by atoms with E-state index in [0.29, 0.717) is 30.4 Å². The van der Waals surface area contributed by atoms with Crippen LogP contribution in [0.25, 0.3) is 0 Å². The second-order valence-electron chi connectivity index (χ2n) is 5.15. The Hall–Kier alpha value is -1.55. The van der Waals surface area contributed by atoms with E-state index < -0.39 is 5.97 Å². The van der Waals surface area contributed by atoms with E-state index >= 15 is 0 Å². The minimum Gasteiger partial charge on any atom is -0.460 e. The summed E-state index contributed by atoms with van der Waals surface area (Å²) in [4.78, 5) is 11.9. The van der Waals surface area contributed by atoms with E-state index in [1.807, 2.05) is 19.9 Å². The highest BCUT2D eigenvalue weighted by Gasteiger charge is 2.13. The van der Waals surface area contributed by atoms with Gasteiger partial charge in [-0.05, 0) is 37.0 Å². The topological polar surface area (TPSA) is 61.6 Å². The predicted octanol–water partition coefficient (Wildman–Crippen LogP) is 2.72. The summed E-state index contributed by atoms with van der Waals surface area (Å²) in [6.07, 6.45) is 0. The summed E-state index contributed by atoms with van der Waals surface area (Å²) in [6, 6.07) is 3.69. The van der Waals surface area contributed by atoms with Crippen LogP contribution in [0.5, 0.6) is 0 Å². The molecule has 0 bridgehead atoms. The van der Waals surface area contributed by atoms with Crippen molar-refractivity contribution in [3.05, 3.63) is 28.8 Å². The molecule has 0 spiro atoms. The molecule has 19 heavy (non-hydrogen) atoms. The van der Waals surface area contributed by atoms with Gasteiger partial charge in [0.1, 0.15) is 6.61 Å². The van der Waals surface area contributed by atoms with Crippen molar-refractivity contribution in [2.75, 3.05) is 25.6 Å². The van der Waals surface area contributed by atoms with Crippen LogP contribution < -0.4 is 5.73 Å². The molecular weight excluding hydrogens is 242 g/mol. The Morgan fingerprint density at radius 1 is 1.26 bits per heavy atom. The molecular formula is C15H23NO3. The van der Waals surface area contributed by atoms with Gasteiger partial charge in [-0.1, -0.05) is 19.9 Å². The van der Waals surface area contributed by atoms with E-state index in [9.17, 15) is 4.79 Å². The number of hydrogen-bond donors (Lipinski definition) is 1. The maximum Gasteiger partial charge on any atom is 0.340 e. The van der Waals surface area contributed by atoms with Gasteiger partial charge in [0.15, 0.2) is 0 Å². The zero-order chi connectivity index (χ0) is 14.4. The third kappa shape index (κ3) is 4.91. The molecule has 0 saturated heterocycles. The van der Waals surface area contributed by atoms with Gasteiger partial charge >= 0.3 is 5.97 Å². The Morgan fingerprint density at radius 2 is 1.95 bits per heavy atom. The molecule has 0 atom stereocenters. The van der Waals surface area contributed by atoms with Gasteiger partial charge in [-0.25, -0.2) is 4.79 Å². The van der Waals surface area contributed by atoms with E-state index in [0.717, 1.165) is 11.1 Å². The number of ether oxygens (including phenoxy) is 2. The Bertz CT molecular complexity index is 441. The summed E-state index contributed by atoms with van der Waals surface area (Å²) in [7, 11) is 0. The van der Waals surface area contributed by atoms with E-state index in [2.05, 4.69) is 13.8 Å². The molecule has 0 heterocycles. The van der Waals surface area contributed by atoms with Crippen LogP contribution >= 0.6 is 0 Å². The summed E-state index contributed by atoms with van der Waals surface area (Å²) in [5.74, 6) is 0.0863. The number of benzene rings is 1. The van der Waals surface area contributed by atoms with Gasteiger partial charge < -0.3 is 15.2 Å². The zero-order valence-electron chi connectivity index (χ0n) is 12.2. The normalized spacial score (nSPS) is 10.8. The van der Waals surface area contributed by atoms with Crippen LogP contribution in [0.4, 0.5) is 5.69 Å².